The number of morpholine rings is 1. The molecule has 2 N–H and O–H groups in total. The number of nitrogens with zero attached hydrogens (tertiary/aromatic N) is 2. The normalized spacial score (nSPS) is 16.3. The second kappa shape index (κ2) is 12.3. The van der Waals surface area contributed by atoms with E-state index in [1.807, 2.05) is 32.0 Å². The van der Waals surface area contributed by atoms with Crippen LogP contribution >= 0.6 is 0 Å². The maximum absolute atomic E-state index is 14.0. The highest BCUT2D eigenvalue weighted by atomic mass is 16.5. The first kappa shape index (κ1) is 28.0. The van der Waals surface area contributed by atoms with Gasteiger partial charge in [0.05, 0.1) is 37.8 Å². The lowest BCUT2D eigenvalue weighted by Gasteiger charge is -2.31. The molecule has 0 aliphatic carbocycles. The zero-order valence-electron chi connectivity index (χ0n) is 23.2. The van der Waals surface area contributed by atoms with Crippen LogP contribution < -0.4 is 25.0 Å². The van der Waals surface area contributed by atoms with Gasteiger partial charge in [-0.05, 0) is 25.0 Å². The van der Waals surface area contributed by atoms with Crippen molar-refractivity contribution in [3.63, 3.8) is 0 Å². The zero-order valence-corrected chi connectivity index (χ0v) is 23.2. The minimum atomic E-state index is -1.45. The summed E-state index contributed by atoms with van der Waals surface area (Å²) in [5, 5.41) is 5.71. The van der Waals surface area contributed by atoms with Gasteiger partial charge in [0.1, 0.15) is 18.0 Å². The number of rotatable bonds is 10. The summed E-state index contributed by atoms with van der Waals surface area (Å²) in [7, 11) is 0. The van der Waals surface area contributed by atoms with Gasteiger partial charge in [0.2, 0.25) is 5.91 Å². The van der Waals surface area contributed by atoms with Crippen molar-refractivity contribution in [3.8, 4) is 11.5 Å². The van der Waals surface area contributed by atoms with Gasteiger partial charge in [-0.2, -0.15) is 0 Å². The lowest BCUT2D eigenvalue weighted by Crippen LogP contribution is -2.45. The van der Waals surface area contributed by atoms with Crippen molar-refractivity contribution in [2.75, 3.05) is 56.3 Å². The minimum Gasteiger partial charge on any atom is -0.492 e. The number of carbonyl (C=O) groups is 3. The number of imide groups is 1. The molecule has 3 aromatic rings. The minimum absolute atomic E-state index is 0.378. The third kappa shape index (κ3) is 5.55. The molecule has 2 aliphatic rings. The molecule has 10 heteroatoms. The molecule has 0 radical (unpaired) electrons. The molecular formula is C31H34N4O6. The van der Waals surface area contributed by atoms with Gasteiger partial charge in [-0.3, -0.25) is 14.5 Å². The van der Waals surface area contributed by atoms with Gasteiger partial charge < -0.3 is 29.7 Å². The van der Waals surface area contributed by atoms with E-state index in [4.69, 9.17) is 14.2 Å². The van der Waals surface area contributed by atoms with Crippen molar-refractivity contribution in [1.29, 1.82) is 0 Å². The summed E-state index contributed by atoms with van der Waals surface area (Å²) < 4.78 is 17.3. The quantitative estimate of drug-likeness (QED) is 0.365. The fraction of sp³-hybridized carbons (Fsp3) is 0.323. The summed E-state index contributed by atoms with van der Waals surface area (Å²) >= 11 is 0. The van der Waals surface area contributed by atoms with Gasteiger partial charge in [-0.1, -0.05) is 60.7 Å². The number of nitrogens with one attached hydrogen (secondary N) is 2. The summed E-state index contributed by atoms with van der Waals surface area (Å²) in [6.07, 6.45) is 0. The maximum atomic E-state index is 14.0. The summed E-state index contributed by atoms with van der Waals surface area (Å²) in [6, 6.07) is 21.0. The molecule has 0 spiro atoms. The van der Waals surface area contributed by atoms with Crippen LogP contribution in [0, 0.1) is 0 Å². The fourth-order valence-corrected chi connectivity index (χ4v) is 5.23. The van der Waals surface area contributed by atoms with E-state index in [1.54, 1.807) is 54.6 Å². The first-order valence-corrected chi connectivity index (χ1v) is 13.8. The molecule has 214 valence electrons. The molecular weight excluding hydrogens is 524 g/mol. The number of carbonyl (C=O) groups excluding carboxylic acids is 3. The van der Waals surface area contributed by atoms with Crippen LogP contribution in [-0.2, 0) is 19.9 Å². The molecule has 0 aromatic heterocycles. The van der Waals surface area contributed by atoms with E-state index in [9.17, 15) is 14.4 Å². The second-order valence-corrected chi connectivity index (χ2v) is 9.63. The average molecular weight is 559 g/mol. The Morgan fingerprint density at radius 1 is 0.902 bits per heavy atom. The first-order valence-electron chi connectivity index (χ1n) is 13.8. The van der Waals surface area contributed by atoms with Gasteiger partial charge in [-0.15, -0.1) is 0 Å². The van der Waals surface area contributed by atoms with Crippen LogP contribution in [-0.4, -0.2) is 68.8 Å². The van der Waals surface area contributed by atoms with Crippen LogP contribution in [0.2, 0.25) is 0 Å². The van der Waals surface area contributed by atoms with Crippen molar-refractivity contribution < 1.29 is 28.6 Å². The largest absolute Gasteiger partial charge is 0.492 e. The molecule has 2 saturated heterocycles. The third-order valence-electron chi connectivity index (χ3n) is 7.11. The molecule has 2 heterocycles. The Kier molecular flexibility index (Phi) is 8.39. The highest BCUT2D eigenvalue weighted by molar-refractivity contribution is 6.12. The molecule has 10 nitrogen and oxygen atoms in total. The van der Waals surface area contributed by atoms with Crippen LogP contribution in [0.25, 0.3) is 0 Å². The van der Waals surface area contributed by atoms with Crippen LogP contribution in [0.1, 0.15) is 25.0 Å². The zero-order chi connectivity index (χ0) is 28.8. The molecule has 0 atom stereocenters. The summed E-state index contributed by atoms with van der Waals surface area (Å²) in [5.41, 5.74) is 0.999. The Balaban J connectivity index is 1.42. The Morgan fingerprint density at radius 3 is 2.07 bits per heavy atom. The second-order valence-electron chi connectivity index (χ2n) is 9.63. The highest BCUT2D eigenvalue weighted by Crippen LogP contribution is 2.40. The Hall–Kier alpha value is -4.57. The van der Waals surface area contributed by atoms with E-state index < -0.39 is 29.9 Å². The van der Waals surface area contributed by atoms with Crippen molar-refractivity contribution in [2.24, 2.45) is 0 Å². The van der Waals surface area contributed by atoms with E-state index in [-0.39, 0.29) is 0 Å². The average Bonchev–Trinajstić information content (AvgIpc) is 3.25. The summed E-state index contributed by atoms with van der Waals surface area (Å²) in [4.78, 5) is 43.6. The number of amides is 4. The SMILES string of the molecule is CCOc1cc(N2CCOCC2)c(OCC)cc1NC(=O)CN1C(=O)NC(c2ccccc2)(c2ccccc2)C1=O. The van der Waals surface area contributed by atoms with E-state index in [1.165, 1.54) is 0 Å². The molecule has 0 bridgehead atoms. The lowest BCUT2D eigenvalue weighted by molar-refractivity contribution is -0.133. The van der Waals surface area contributed by atoms with Crippen molar-refractivity contribution in [2.45, 2.75) is 19.4 Å². The fourth-order valence-electron chi connectivity index (χ4n) is 5.23. The molecule has 0 saturated carbocycles. The van der Waals surface area contributed by atoms with E-state index in [0.29, 0.717) is 67.8 Å². The van der Waals surface area contributed by atoms with Crippen molar-refractivity contribution in [3.05, 3.63) is 83.9 Å². The molecule has 2 aliphatic heterocycles. The molecule has 5 rings (SSSR count). The van der Waals surface area contributed by atoms with E-state index in [2.05, 4.69) is 15.5 Å². The number of anilines is 2. The molecule has 3 aromatic carbocycles. The van der Waals surface area contributed by atoms with E-state index >= 15 is 0 Å². The number of urea groups is 1. The molecule has 0 unspecified atom stereocenters. The predicted molar refractivity (Wildman–Crippen MR) is 154 cm³/mol. The van der Waals surface area contributed by atoms with Gasteiger partial charge >= 0.3 is 6.03 Å². The predicted octanol–water partition coefficient (Wildman–Crippen LogP) is 3.75. The number of ether oxygens (including phenoxy) is 3. The smallest absolute Gasteiger partial charge is 0.326 e. The Morgan fingerprint density at radius 2 is 1.49 bits per heavy atom. The van der Waals surface area contributed by atoms with Gasteiger partial charge in [0.15, 0.2) is 5.54 Å². The number of benzene rings is 3. The third-order valence-corrected chi connectivity index (χ3v) is 7.11. The van der Waals surface area contributed by atoms with Crippen molar-refractivity contribution >= 4 is 29.2 Å². The Bertz CT molecular complexity index is 1350. The molecule has 2 fully saturated rings. The molecule has 41 heavy (non-hydrogen) atoms. The van der Waals surface area contributed by atoms with Crippen molar-refractivity contribution in [1.82, 2.24) is 10.2 Å². The van der Waals surface area contributed by atoms with Crippen LogP contribution in [0.4, 0.5) is 16.2 Å². The number of hydrogen-bond acceptors (Lipinski definition) is 7. The molecule has 4 amide bonds. The van der Waals surface area contributed by atoms with Gasteiger partial charge in [-0.25, -0.2) is 4.79 Å². The van der Waals surface area contributed by atoms with Crippen LogP contribution in [0.3, 0.4) is 0 Å². The summed E-state index contributed by atoms with van der Waals surface area (Å²) in [6.45, 7) is 6.69. The lowest BCUT2D eigenvalue weighted by atomic mass is 9.82. The number of hydrogen-bond donors (Lipinski definition) is 2. The first-order chi connectivity index (χ1) is 20.0. The Labute approximate surface area is 239 Å². The van der Waals surface area contributed by atoms with E-state index in [0.717, 1.165) is 10.6 Å². The topological polar surface area (TPSA) is 109 Å². The highest BCUT2D eigenvalue weighted by Gasteiger charge is 2.54. The van der Waals surface area contributed by atoms with Crippen LogP contribution in [0.5, 0.6) is 11.5 Å². The van der Waals surface area contributed by atoms with Gasteiger partial charge in [0, 0.05) is 25.2 Å². The standard InChI is InChI=1S/C31H34N4O6/c1-3-40-26-20-25(34-15-17-39-18-16-34)27(41-4-2)19-24(26)32-28(36)21-35-29(37)31(33-30(35)38,22-11-7-5-8-12-22)23-13-9-6-10-14-23/h5-14,19-20H,3-4,15-18,21H2,1-2H3,(H,32,36)(H,33,38). The van der Waals surface area contributed by atoms with Gasteiger partial charge in [0.25, 0.3) is 5.91 Å². The van der Waals surface area contributed by atoms with Crippen LogP contribution in [0.15, 0.2) is 72.8 Å². The maximum Gasteiger partial charge on any atom is 0.326 e. The summed E-state index contributed by atoms with van der Waals surface area (Å²) in [5.74, 6) is -0.0214. The monoisotopic (exact) mass is 558 g/mol.